The molecule has 0 aliphatic rings. The van der Waals surface area contributed by atoms with Crippen LogP contribution in [0.5, 0.6) is 0 Å². The van der Waals surface area contributed by atoms with Gasteiger partial charge in [-0.05, 0) is 15.9 Å². The van der Waals surface area contributed by atoms with Crippen molar-refractivity contribution in [1.29, 1.82) is 0 Å². The predicted octanol–water partition coefficient (Wildman–Crippen LogP) is 2.07. The fraction of sp³-hybridized carbons (Fsp3) is 0.286. The fourth-order valence-electron chi connectivity index (χ4n) is 0.754. The third-order valence-corrected chi connectivity index (χ3v) is 2.13. The van der Waals surface area contributed by atoms with E-state index in [1.54, 1.807) is 5.32 Å². The molecule has 1 aromatic rings. The lowest BCUT2D eigenvalue weighted by Crippen LogP contribution is -2.36. The van der Waals surface area contributed by atoms with Crippen molar-refractivity contribution in [2.45, 2.75) is 12.7 Å². The molecule has 0 aliphatic carbocycles. The van der Waals surface area contributed by atoms with E-state index in [4.69, 9.17) is 11.6 Å². The lowest BCUT2D eigenvalue weighted by atomic mass is 10.4. The van der Waals surface area contributed by atoms with Crippen LogP contribution in [0, 0.1) is 0 Å². The van der Waals surface area contributed by atoms with E-state index in [1.165, 1.54) is 6.20 Å². The third kappa shape index (κ3) is 3.60. The van der Waals surface area contributed by atoms with Gasteiger partial charge in [0.1, 0.15) is 4.60 Å². The number of nitrogens with one attached hydrogen (secondary N) is 1. The van der Waals surface area contributed by atoms with Crippen molar-refractivity contribution in [2.24, 2.45) is 0 Å². The fourth-order valence-corrected chi connectivity index (χ4v) is 1.34. The SMILES string of the molecule is O=C(NCc1ncc(Br)nc1Cl)C(F)(F)F. The Kier molecular flexibility index (Phi) is 4.09. The molecule has 0 radical (unpaired) electrons. The normalized spacial score (nSPS) is 11.3. The van der Waals surface area contributed by atoms with Gasteiger partial charge in [0.15, 0.2) is 5.15 Å². The minimum absolute atomic E-state index is 0.0578. The maximum atomic E-state index is 11.8. The zero-order chi connectivity index (χ0) is 12.3. The number of halogens is 5. The molecule has 0 spiro atoms. The van der Waals surface area contributed by atoms with Gasteiger partial charge in [-0.25, -0.2) is 4.98 Å². The number of aromatic nitrogens is 2. The Hall–Kier alpha value is -0.890. The predicted molar refractivity (Wildman–Crippen MR) is 52.6 cm³/mol. The second kappa shape index (κ2) is 4.96. The third-order valence-electron chi connectivity index (χ3n) is 1.44. The van der Waals surface area contributed by atoms with Crippen LogP contribution in [0.2, 0.25) is 5.15 Å². The summed E-state index contributed by atoms with van der Waals surface area (Å²) in [6, 6.07) is 0. The highest BCUT2D eigenvalue weighted by atomic mass is 79.9. The van der Waals surface area contributed by atoms with Gasteiger partial charge >= 0.3 is 12.1 Å². The van der Waals surface area contributed by atoms with Crippen molar-refractivity contribution < 1.29 is 18.0 Å². The highest BCUT2D eigenvalue weighted by Gasteiger charge is 2.38. The van der Waals surface area contributed by atoms with Crippen molar-refractivity contribution in [1.82, 2.24) is 15.3 Å². The molecule has 0 atom stereocenters. The zero-order valence-electron chi connectivity index (χ0n) is 7.48. The Labute approximate surface area is 101 Å². The van der Waals surface area contributed by atoms with Gasteiger partial charge in [0.05, 0.1) is 18.4 Å². The Morgan fingerprint density at radius 2 is 2.19 bits per heavy atom. The topological polar surface area (TPSA) is 54.9 Å². The molecule has 16 heavy (non-hydrogen) atoms. The molecular weight excluding hydrogens is 314 g/mol. The number of amides is 1. The Bertz CT molecular complexity index is 412. The summed E-state index contributed by atoms with van der Waals surface area (Å²) in [6.07, 6.45) is -3.66. The molecule has 1 N–H and O–H groups in total. The first-order chi connectivity index (χ1) is 7.30. The molecule has 0 bridgehead atoms. The summed E-state index contributed by atoms with van der Waals surface area (Å²) in [5.74, 6) is -2.05. The number of alkyl halides is 3. The number of hydrogen-bond acceptors (Lipinski definition) is 3. The minimum atomic E-state index is -4.92. The summed E-state index contributed by atoms with van der Waals surface area (Å²) in [5, 5.41) is 1.56. The monoisotopic (exact) mass is 317 g/mol. The van der Waals surface area contributed by atoms with Crippen molar-refractivity contribution in [2.75, 3.05) is 0 Å². The average molecular weight is 318 g/mol. The van der Waals surface area contributed by atoms with Gasteiger partial charge < -0.3 is 5.32 Å². The standard InChI is InChI=1S/C7H4BrClF3N3O/c8-4-2-13-3(5(9)15-4)1-14-6(16)7(10,11)12/h2H,1H2,(H,14,16). The van der Waals surface area contributed by atoms with Crippen molar-refractivity contribution in [3.8, 4) is 0 Å². The molecule has 1 aromatic heterocycles. The van der Waals surface area contributed by atoms with Crippen LogP contribution in [0.3, 0.4) is 0 Å². The van der Waals surface area contributed by atoms with Crippen LogP contribution >= 0.6 is 27.5 Å². The van der Waals surface area contributed by atoms with Gasteiger partial charge in [-0.15, -0.1) is 0 Å². The van der Waals surface area contributed by atoms with Crippen LogP contribution in [-0.2, 0) is 11.3 Å². The summed E-state index contributed by atoms with van der Waals surface area (Å²) in [6.45, 7) is -0.433. The van der Waals surface area contributed by atoms with E-state index in [-0.39, 0.29) is 10.8 Å². The van der Waals surface area contributed by atoms with E-state index in [1.807, 2.05) is 0 Å². The molecule has 1 amide bonds. The molecule has 0 fully saturated rings. The molecule has 88 valence electrons. The highest BCUT2D eigenvalue weighted by Crippen LogP contribution is 2.16. The Morgan fingerprint density at radius 3 is 2.69 bits per heavy atom. The van der Waals surface area contributed by atoms with E-state index < -0.39 is 18.6 Å². The van der Waals surface area contributed by atoms with Crippen LogP contribution in [0.25, 0.3) is 0 Å². The summed E-state index contributed by atoms with van der Waals surface area (Å²) < 4.78 is 35.8. The van der Waals surface area contributed by atoms with Crippen LogP contribution in [0.15, 0.2) is 10.8 Å². The molecule has 4 nitrogen and oxygen atoms in total. The van der Waals surface area contributed by atoms with Gasteiger partial charge in [-0.3, -0.25) is 9.78 Å². The highest BCUT2D eigenvalue weighted by molar-refractivity contribution is 9.10. The summed E-state index contributed by atoms with van der Waals surface area (Å²) in [5.41, 5.74) is 0.0578. The van der Waals surface area contributed by atoms with Gasteiger partial charge in [0.2, 0.25) is 0 Å². The first-order valence-electron chi connectivity index (χ1n) is 3.82. The number of carbonyl (C=O) groups excluding carboxylic acids is 1. The first-order valence-corrected chi connectivity index (χ1v) is 4.99. The maximum absolute atomic E-state index is 11.8. The summed E-state index contributed by atoms with van der Waals surface area (Å²) in [4.78, 5) is 17.9. The first kappa shape index (κ1) is 13.2. The number of nitrogens with zero attached hydrogens (tertiary/aromatic N) is 2. The minimum Gasteiger partial charge on any atom is -0.343 e. The molecule has 0 saturated heterocycles. The molecular formula is C7H4BrClF3N3O. The van der Waals surface area contributed by atoms with E-state index in [0.717, 1.165) is 0 Å². The van der Waals surface area contributed by atoms with E-state index in [0.29, 0.717) is 4.60 Å². The van der Waals surface area contributed by atoms with Crippen LogP contribution in [-0.4, -0.2) is 22.1 Å². The maximum Gasteiger partial charge on any atom is 0.471 e. The lowest BCUT2D eigenvalue weighted by Gasteiger charge is -2.07. The quantitative estimate of drug-likeness (QED) is 0.908. The molecule has 0 aromatic carbocycles. The number of carbonyl (C=O) groups is 1. The van der Waals surface area contributed by atoms with E-state index in [9.17, 15) is 18.0 Å². The van der Waals surface area contributed by atoms with Crippen LogP contribution < -0.4 is 5.32 Å². The van der Waals surface area contributed by atoms with Crippen LogP contribution in [0.4, 0.5) is 13.2 Å². The Balaban J connectivity index is 2.65. The molecule has 9 heteroatoms. The summed E-state index contributed by atoms with van der Waals surface area (Å²) in [7, 11) is 0. The Morgan fingerprint density at radius 1 is 1.56 bits per heavy atom. The zero-order valence-corrected chi connectivity index (χ0v) is 9.82. The molecule has 1 rings (SSSR count). The van der Waals surface area contributed by atoms with Gasteiger partial charge in [0.25, 0.3) is 0 Å². The van der Waals surface area contributed by atoms with E-state index in [2.05, 4.69) is 25.9 Å². The lowest BCUT2D eigenvalue weighted by molar-refractivity contribution is -0.173. The van der Waals surface area contributed by atoms with Gasteiger partial charge in [0, 0.05) is 0 Å². The second-order valence-corrected chi connectivity index (χ2v) is 3.78. The summed E-state index contributed by atoms with van der Waals surface area (Å²) >= 11 is 8.57. The van der Waals surface area contributed by atoms with Crippen LogP contribution in [0.1, 0.15) is 5.69 Å². The molecule has 0 unspecified atom stereocenters. The average Bonchev–Trinajstić information content (AvgIpc) is 2.14. The molecule has 0 saturated carbocycles. The number of rotatable bonds is 2. The van der Waals surface area contributed by atoms with Crippen molar-refractivity contribution in [3.63, 3.8) is 0 Å². The largest absolute Gasteiger partial charge is 0.471 e. The molecule has 1 heterocycles. The second-order valence-electron chi connectivity index (χ2n) is 2.61. The van der Waals surface area contributed by atoms with Gasteiger partial charge in [-0.1, -0.05) is 11.6 Å². The molecule has 0 aliphatic heterocycles. The van der Waals surface area contributed by atoms with E-state index >= 15 is 0 Å². The smallest absolute Gasteiger partial charge is 0.343 e. The van der Waals surface area contributed by atoms with Crippen molar-refractivity contribution in [3.05, 3.63) is 21.6 Å². The van der Waals surface area contributed by atoms with Gasteiger partial charge in [-0.2, -0.15) is 13.2 Å². The van der Waals surface area contributed by atoms with Crippen molar-refractivity contribution >= 4 is 33.4 Å². The number of hydrogen-bond donors (Lipinski definition) is 1.